The minimum atomic E-state index is -0.888. The maximum Gasteiger partial charge on any atom is 0.330 e. The smallest absolute Gasteiger partial charge is 0.330 e. The van der Waals surface area contributed by atoms with E-state index in [2.05, 4.69) is 5.32 Å². The normalized spacial score (nSPS) is 13.1. The molecule has 0 bridgehead atoms. The van der Waals surface area contributed by atoms with Gasteiger partial charge in [0.25, 0.3) is 5.91 Å². The highest BCUT2D eigenvalue weighted by Gasteiger charge is 2.27. The molecule has 6 heteroatoms. The Kier molecular flexibility index (Phi) is 5.85. The maximum atomic E-state index is 12.8. The quantitative estimate of drug-likeness (QED) is 0.842. The number of nitrogens with one attached hydrogen (secondary N) is 1. The van der Waals surface area contributed by atoms with Crippen molar-refractivity contribution >= 4 is 11.9 Å². The summed E-state index contributed by atoms with van der Waals surface area (Å²) in [5.41, 5.74) is 0.239. The lowest BCUT2D eigenvalue weighted by Crippen LogP contribution is -2.46. The van der Waals surface area contributed by atoms with Gasteiger partial charge in [-0.25, -0.2) is 9.18 Å². The van der Waals surface area contributed by atoms with E-state index in [4.69, 9.17) is 10.00 Å². The number of carbonyl (C=O) groups excluding carboxylic acids is 2. The first-order valence-corrected chi connectivity index (χ1v) is 6.51. The lowest BCUT2D eigenvalue weighted by Gasteiger charge is -2.21. The zero-order chi connectivity index (χ0) is 16.0. The van der Waals surface area contributed by atoms with Crippen molar-refractivity contribution < 1.29 is 18.7 Å². The van der Waals surface area contributed by atoms with Crippen LogP contribution in [0.1, 0.15) is 31.1 Å². The highest BCUT2D eigenvalue weighted by Crippen LogP contribution is 2.09. The summed E-state index contributed by atoms with van der Waals surface area (Å²) in [5.74, 6) is -1.84. The molecule has 0 aliphatic heterocycles. The molecular weight excluding hydrogens is 275 g/mol. The Morgan fingerprint density at radius 2 is 1.81 bits per heavy atom. The number of halogens is 1. The van der Waals surface area contributed by atoms with Gasteiger partial charge in [-0.1, -0.05) is 13.8 Å². The van der Waals surface area contributed by atoms with E-state index in [1.54, 1.807) is 19.9 Å². The lowest BCUT2D eigenvalue weighted by molar-refractivity contribution is -0.149. The SMILES string of the molecule is CC(C)[C@H](NC(=O)c1ccc(F)cc1)C(=O)O[C@H](C)C#N. The Hall–Kier alpha value is -2.42. The summed E-state index contributed by atoms with van der Waals surface area (Å²) in [4.78, 5) is 24.0. The summed E-state index contributed by atoms with van der Waals surface area (Å²) in [7, 11) is 0. The largest absolute Gasteiger partial charge is 0.446 e. The van der Waals surface area contributed by atoms with Gasteiger partial charge in [0.05, 0.1) is 0 Å². The van der Waals surface area contributed by atoms with Gasteiger partial charge in [0.15, 0.2) is 6.10 Å². The minimum absolute atomic E-state index is 0.215. The second-order valence-electron chi connectivity index (χ2n) is 4.91. The van der Waals surface area contributed by atoms with E-state index in [1.165, 1.54) is 19.1 Å². The molecule has 1 aromatic carbocycles. The third-order valence-electron chi connectivity index (χ3n) is 2.79. The Balaban J connectivity index is 2.79. The Labute approximate surface area is 122 Å². The Morgan fingerprint density at radius 1 is 1.24 bits per heavy atom. The number of ether oxygens (including phenoxy) is 1. The van der Waals surface area contributed by atoms with Crippen LogP contribution in [0.3, 0.4) is 0 Å². The summed E-state index contributed by atoms with van der Waals surface area (Å²) >= 11 is 0. The third-order valence-corrected chi connectivity index (χ3v) is 2.79. The fraction of sp³-hybridized carbons (Fsp3) is 0.400. The van der Waals surface area contributed by atoms with Gasteiger partial charge in [0.1, 0.15) is 17.9 Å². The predicted molar refractivity (Wildman–Crippen MR) is 73.7 cm³/mol. The van der Waals surface area contributed by atoms with Crippen molar-refractivity contribution in [2.24, 2.45) is 5.92 Å². The van der Waals surface area contributed by atoms with Crippen LogP contribution in [-0.4, -0.2) is 24.0 Å². The van der Waals surface area contributed by atoms with Crippen molar-refractivity contribution in [1.82, 2.24) is 5.32 Å². The van der Waals surface area contributed by atoms with Crippen molar-refractivity contribution in [3.63, 3.8) is 0 Å². The van der Waals surface area contributed by atoms with Crippen LogP contribution in [0.2, 0.25) is 0 Å². The molecule has 0 saturated carbocycles. The van der Waals surface area contributed by atoms with E-state index in [0.29, 0.717) is 0 Å². The number of rotatable bonds is 5. The summed E-state index contributed by atoms with van der Waals surface area (Å²) in [6.45, 7) is 4.93. The van der Waals surface area contributed by atoms with Gasteiger partial charge in [-0.05, 0) is 37.1 Å². The molecule has 5 nitrogen and oxygen atoms in total. The van der Waals surface area contributed by atoms with Crippen LogP contribution in [0.25, 0.3) is 0 Å². The van der Waals surface area contributed by atoms with Gasteiger partial charge in [-0.2, -0.15) is 5.26 Å². The summed E-state index contributed by atoms with van der Waals surface area (Å²) < 4.78 is 17.7. The van der Waals surface area contributed by atoms with E-state index in [-0.39, 0.29) is 11.5 Å². The summed E-state index contributed by atoms with van der Waals surface area (Å²) in [6.07, 6.45) is -0.888. The first-order chi connectivity index (χ1) is 9.85. The average molecular weight is 292 g/mol. The molecule has 0 heterocycles. The summed E-state index contributed by atoms with van der Waals surface area (Å²) in [6, 6.07) is 5.88. The Bertz CT molecular complexity index is 549. The molecular formula is C15H17FN2O3. The number of hydrogen-bond acceptors (Lipinski definition) is 4. The molecule has 0 aliphatic carbocycles. The number of esters is 1. The van der Waals surface area contributed by atoms with Gasteiger partial charge < -0.3 is 10.1 Å². The van der Waals surface area contributed by atoms with Crippen molar-refractivity contribution in [3.8, 4) is 6.07 Å². The standard InChI is InChI=1S/C15H17FN2O3/c1-9(2)13(15(20)21-10(3)8-17)18-14(19)11-4-6-12(16)7-5-11/h4-7,9-10,13H,1-3H3,(H,18,19)/t10-,13+/m1/s1. The molecule has 21 heavy (non-hydrogen) atoms. The lowest BCUT2D eigenvalue weighted by atomic mass is 10.0. The highest BCUT2D eigenvalue weighted by molar-refractivity contribution is 5.96. The number of benzene rings is 1. The van der Waals surface area contributed by atoms with Gasteiger partial charge in [0, 0.05) is 5.56 Å². The molecule has 0 saturated heterocycles. The zero-order valence-electron chi connectivity index (χ0n) is 12.1. The zero-order valence-corrected chi connectivity index (χ0v) is 12.1. The molecule has 1 amide bonds. The van der Waals surface area contributed by atoms with Crippen LogP contribution in [0.15, 0.2) is 24.3 Å². The van der Waals surface area contributed by atoms with Gasteiger partial charge in [0.2, 0.25) is 0 Å². The highest BCUT2D eigenvalue weighted by atomic mass is 19.1. The molecule has 2 atom stereocenters. The van der Waals surface area contributed by atoms with Crippen LogP contribution in [-0.2, 0) is 9.53 Å². The molecule has 1 rings (SSSR count). The van der Waals surface area contributed by atoms with Crippen LogP contribution in [0.5, 0.6) is 0 Å². The van der Waals surface area contributed by atoms with Crippen LogP contribution >= 0.6 is 0 Å². The molecule has 1 aromatic rings. The number of hydrogen-bond donors (Lipinski definition) is 1. The monoisotopic (exact) mass is 292 g/mol. The predicted octanol–water partition coefficient (Wildman–Crippen LogP) is 2.04. The number of nitrogens with zero attached hydrogens (tertiary/aromatic N) is 1. The second-order valence-corrected chi connectivity index (χ2v) is 4.91. The van der Waals surface area contributed by atoms with E-state index in [1.807, 2.05) is 0 Å². The maximum absolute atomic E-state index is 12.8. The molecule has 0 radical (unpaired) electrons. The van der Waals surface area contributed by atoms with Crippen LogP contribution < -0.4 is 5.32 Å². The fourth-order valence-corrected chi connectivity index (χ4v) is 1.60. The Morgan fingerprint density at radius 3 is 2.29 bits per heavy atom. The van der Waals surface area contributed by atoms with Crippen molar-refractivity contribution in [2.75, 3.05) is 0 Å². The van der Waals surface area contributed by atoms with Crippen molar-refractivity contribution in [3.05, 3.63) is 35.6 Å². The molecule has 0 aromatic heterocycles. The number of carbonyl (C=O) groups is 2. The summed E-state index contributed by atoms with van der Waals surface area (Å²) in [5, 5.41) is 11.2. The molecule has 0 spiro atoms. The van der Waals surface area contributed by atoms with E-state index in [9.17, 15) is 14.0 Å². The van der Waals surface area contributed by atoms with Crippen LogP contribution in [0, 0.1) is 23.1 Å². The second kappa shape index (κ2) is 7.39. The molecule has 0 fully saturated rings. The van der Waals surface area contributed by atoms with E-state index < -0.39 is 29.8 Å². The first kappa shape index (κ1) is 16.6. The van der Waals surface area contributed by atoms with Crippen molar-refractivity contribution in [2.45, 2.75) is 32.9 Å². The van der Waals surface area contributed by atoms with Gasteiger partial charge in [-0.3, -0.25) is 4.79 Å². The third kappa shape index (κ3) is 4.88. The molecule has 0 unspecified atom stereocenters. The topological polar surface area (TPSA) is 79.2 Å². The van der Waals surface area contributed by atoms with Crippen LogP contribution in [0.4, 0.5) is 4.39 Å². The molecule has 1 N–H and O–H groups in total. The van der Waals surface area contributed by atoms with Gasteiger partial charge >= 0.3 is 5.97 Å². The minimum Gasteiger partial charge on any atom is -0.446 e. The van der Waals surface area contributed by atoms with Crippen molar-refractivity contribution in [1.29, 1.82) is 5.26 Å². The molecule has 0 aliphatic rings. The number of nitriles is 1. The van der Waals surface area contributed by atoms with Gasteiger partial charge in [-0.15, -0.1) is 0 Å². The average Bonchev–Trinajstić information content (AvgIpc) is 2.44. The fourth-order valence-electron chi connectivity index (χ4n) is 1.60. The van der Waals surface area contributed by atoms with E-state index >= 15 is 0 Å². The van der Waals surface area contributed by atoms with E-state index in [0.717, 1.165) is 12.1 Å². The first-order valence-electron chi connectivity index (χ1n) is 6.51. The number of amides is 1. The molecule has 112 valence electrons.